The minimum Gasteiger partial charge on any atom is -0.388 e. The third kappa shape index (κ3) is 3.68. The third-order valence-electron chi connectivity index (χ3n) is 3.07. The zero-order valence-electron chi connectivity index (χ0n) is 10.5. The Labute approximate surface area is 111 Å². The van der Waals surface area contributed by atoms with E-state index in [1.807, 2.05) is 13.8 Å². The molecule has 0 aliphatic rings. The van der Waals surface area contributed by atoms with Crippen LogP contribution in [0.2, 0.25) is 5.02 Å². The van der Waals surface area contributed by atoms with Crippen molar-refractivity contribution in [2.24, 2.45) is 0 Å². The lowest BCUT2D eigenvalue weighted by atomic mass is 9.97. The number of amides is 1. The molecule has 0 heterocycles. The Bertz CT molecular complexity index is 433. The van der Waals surface area contributed by atoms with E-state index < -0.39 is 17.3 Å². The van der Waals surface area contributed by atoms with E-state index in [1.165, 1.54) is 12.1 Å². The fourth-order valence-corrected chi connectivity index (χ4v) is 1.68. The van der Waals surface area contributed by atoms with Gasteiger partial charge in [0.25, 0.3) is 5.91 Å². The SMILES string of the molecule is CCC(O)(CC)CNC(=O)c1cc(Cl)ccc1F. The van der Waals surface area contributed by atoms with Crippen LogP contribution in [0.15, 0.2) is 18.2 Å². The van der Waals surface area contributed by atoms with Gasteiger partial charge < -0.3 is 10.4 Å². The number of rotatable bonds is 5. The highest BCUT2D eigenvalue weighted by atomic mass is 35.5. The first-order valence-electron chi connectivity index (χ1n) is 5.87. The smallest absolute Gasteiger partial charge is 0.254 e. The van der Waals surface area contributed by atoms with Crippen molar-refractivity contribution in [3.63, 3.8) is 0 Å². The number of nitrogens with one attached hydrogen (secondary N) is 1. The van der Waals surface area contributed by atoms with Crippen molar-refractivity contribution in [3.8, 4) is 0 Å². The molecule has 0 bridgehead atoms. The molecule has 0 fully saturated rings. The lowest BCUT2D eigenvalue weighted by molar-refractivity contribution is 0.0313. The lowest BCUT2D eigenvalue weighted by Gasteiger charge is -2.25. The van der Waals surface area contributed by atoms with Crippen LogP contribution in [0.25, 0.3) is 0 Å². The molecule has 1 aromatic rings. The molecule has 0 unspecified atom stereocenters. The molecule has 18 heavy (non-hydrogen) atoms. The van der Waals surface area contributed by atoms with Crippen molar-refractivity contribution in [1.29, 1.82) is 0 Å². The minimum atomic E-state index is -0.954. The Morgan fingerprint density at radius 2 is 2.06 bits per heavy atom. The van der Waals surface area contributed by atoms with Crippen LogP contribution in [0.3, 0.4) is 0 Å². The van der Waals surface area contributed by atoms with Crippen molar-refractivity contribution in [1.82, 2.24) is 5.32 Å². The molecule has 100 valence electrons. The molecule has 1 aromatic carbocycles. The van der Waals surface area contributed by atoms with Crippen LogP contribution < -0.4 is 5.32 Å². The van der Waals surface area contributed by atoms with Crippen molar-refractivity contribution in [2.45, 2.75) is 32.3 Å². The van der Waals surface area contributed by atoms with Gasteiger partial charge in [-0.25, -0.2) is 4.39 Å². The summed E-state index contributed by atoms with van der Waals surface area (Å²) < 4.78 is 13.4. The Morgan fingerprint density at radius 3 is 2.61 bits per heavy atom. The molecule has 1 rings (SSSR count). The maximum atomic E-state index is 13.4. The molecular weight excluding hydrogens is 257 g/mol. The zero-order chi connectivity index (χ0) is 13.8. The fourth-order valence-electron chi connectivity index (χ4n) is 1.51. The Morgan fingerprint density at radius 1 is 1.44 bits per heavy atom. The van der Waals surface area contributed by atoms with Gasteiger partial charge in [-0.05, 0) is 31.0 Å². The second-order valence-electron chi connectivity index (χ2n) is 4.24. The van der Waals surface area contributed by atoms with Gasteiger partial charge in [0.15, 0.2) is 0 Å². The first kappa shape index (κ1) is 14.9. The van der Waals surface area contributed by atoms with Crippen LogP contribution in [-0.2, 0) is 0 Å². The lowest BCUT2D eigenvalue weighted by Crippen LogP contribution is -2.42. The molecule has 0 aliphatic carbocycles. The zero-order valence-corrected chi connectivity index (χ0v) is 11.2. The summed E-state index contributed by atoms with van der Waals surface area (Å²) in [7, 11) is 0. The highest BCUT2D eigenvalue weighted by molar-refractivity contribution is 6.30. The van der Waals surface area contributed by atoms with Gasteiger partial charge in [-0.1, -0.05) is 25.4 Å². The van der Waals surface area contributed by atoms with E-state index in [4.69, 9.17) is 11.6 Å². The molecule has 0 aromatic heterocycles. The van der Waals surface area contributed by atoms with E-state index in [2.05, 4.69) is 5.32 Å². The number of carbonyl (C=O) groups is 1. The average Bonchev–Trinajstić information content (AvgIpc) is 2.38. The van der Waals surface area contributed by atoms with Crippen LogP contribution in [0.5, 0.6) is 0 Å². The van der Waals surface area contributed by atoms with Gasteiger partial charge in [-0.2, -0.15) is 0 Å². The van der Waals surface area contributed by atoms with E-state index in [-0.39, 0.29) is 12.1 Å². The predicted molar refractivity (Wildman–Crippen MR) is 69.3 cm³/mol. The van der Waals surface area contributed by atoms with Crippen molar-refractivity contribution >= 4 is 17.5 Å². The number of aliphatic hydroxyl groups is 1. The van der Waals surface area contributed by atoms with Crippen molar-refractivity contribution in [3.05, 3.63) is 34.6 Å². The van der Waals surface area contributed by atoms with Gasteiger partial charge in [0.2, 0.25) is 0 Å². The quantitative estimate of drug-likeness (QED) is 0.867. The first-order chi connectivity index (χ1) is 8.41. The number of hydrogen-bond acceptors (Lipinski definition) is 2. The molecule has 0 saturated carbocycles. The number of hydrogen-bond donors (Lipinski definition) is 2. The van der Waals surface area contributed by atoms with E-state index >= 15 is 0 Å². The normalized spacial score (nSPS) is 11.4. The van der Waals surface area contributed by atoms with Gasteiger partial charge in [-0.3, -0.25) is 4.79 Å². The molecule has 0 radical (unpaired) electrons. The highest BCUT2D eigenvalue weighted by Gasteiger charge is 2.23. The Hall–Kier alpha value is -1.13. The maximum Gasteiger partial charge on any atom is 0.254 e. The summed E-state index contributed by atoms with van der Waals surface area (Å²) in [5.74, 6) is -1.20. The maximum absolute atomic E-state index is 13.4. The third-order valence-corrected chi connectivity index (χ3v) is 3.30. The Balaban J connectivity index is 2.74. The van der Waals surface area contributed by atoms with E-state index in [0.717, 1.165) is 6.07 Å². The fraction of sp³-hybridized carbons (Fsp3) is 0.462. The highest BCUT2D eigenvalue weighted by Crippen LogP contribution is 2.16. The van der Waals surface area contributed by atoms with Crippen LogP contribution in [0.4, 0.5) is 4.39 Å². The molecule has 0 saturated heterocycles. The average molecular weight is 274 g/mol. The summed E-state index contributed by atoms with van der Waals surface area (Å²) >= 11 is 5.71. The van der Waals surface area contributed by atoms with Crippen LogP contribution in [0, 0.1) is 5.82 Å². The second kappa shape index (κ2) is 6.16. The summed E-state index contributed by atoms with van der Waals surface area (Å²) in [5, 5.41) is 12.8. The van der Waals surface area contributed by atoms with Gasteiger partial charge in [0, 0.05) is 11.6 Å². The number of benzene rings is 1. The van der Waals surface area contributed by atoms with Gasteiger partial charge in [0.1, 0.15) is 5.82 Å². The largest absolute Gasteiger partial charge is 0.388 e. The van der Waals surface area contributed by atoms with Crippen molar-refractivity contribution in [2.75, 3.05) is 6.54 Å². The predicted octanol–water partition coefficient (Wildman–Crippen LogP) is 2.76. The molecule has 0 spiro atoms. The van der Waals surface area contributed by atoms with Crippen LogP contribution >= 0.6 is 11.6 Å². The molecule has 3 nitrogen and oxygen atoms in total. The van der Waals surface area contributed by atoms with E-state index in [9.17, 15) is 14.3 Å². The molecule has 1 amide bonds. The van der Waals surface area contributed by atoms with E-state index in [0.29, 0.717) is 17.9 Å². The van der Waals surface area contributed by atoms with Gasteiger partial charge in [-0.15, -0.1) is 0 Å². The first-order valence-corrected chi connectivity index (χ1v) is 6.25. The summed E-state index contributed by atoms with van der Waals surface area (Å²) in [5.41, 5.74) is -1.07. The molecule has 0 aliphatic heterocycles. The summed E-state index contributed by atoms with van der Waals surface area (Å²) in [6.45, 7) is 3.75. The second-order valence-corrected chi connectivity index (χ2v) is 4.67. The molecule has 2 N–H and O–H groups in total. The topological polar surface area (TPSA) is 49.3 Å². The Kier molecular flexibility index (Phi) is 5.11. The molecular formula is C13H17ClFNO2. The van der Waals surface area contributed by atoms with Crippen LogP contribution in [-0.4, -0.2) is 23.2 Å². The molecule has 5 heteroatoms. The number of carbonyl (C=O) groups excluding carboxylic acids is 1. The summed E-state index contributed by atoms with van der Waals surface area (Å²) in [4.78, 5) is 11.8. The number of halogens is 2. The van der Waals surface area contributed by atoms with E-state index in [1.54, 1.807) is 0 Å². The minimum absolute atomic E-state index is 0.0881. The van der Waals surface area contributed by atoms with Crippen molar-refractivity contribution < 1.29 is 14.3 Å². The monoisotopic (exact) mass is 273 g/mol. The summed E-state index contributed by atoms with van der Waals surface area (Å²) in [6.07, 6.45) is 1.03. The van der Waals surface area contributed by atoms with Crippen LogP contribution in [0.1, 0.15) is 37.0 Å². The van der Waals surface area contributed by atoms with Gasteiger partial charge >= 0.3 is 0 Å². The van der Waals surface area contributed by atoms with Gasteiger partial charge in [0.05, 0.1) is 11.2 Å². The summed E-state index contributed by atoms with van der Waals surface area (Å²) in [6, 6.07) is 3.79. The molecule has 0 atom stereocenters. The standard InChI is InChI=1S/C13H17ClFNO2/c1-3-13(18,4-2)8-16-12(17)10-7-9(14)5-6-11(10)15/h5-7,18H,3-4,8H2,1-2H3,(H,16,17).